The Morgan fingerprint density at radius 3 is 2.46 bits per heavy atom. The Morgan fingerprint density at radius 2 is 1.88 bits per heavy atom. The normalized spacial score (nSPS) is 12.2. The van der Waals surface area contributed by atoms with Gasteiger partial charge in [-0.25, -0.2) is 21.9 Å². The smallest absolute Gasteiger partial charge is 0.240 e. The zero-order valence-electron chi connectivity index (χ0n) is 14.6. The SMILES string of the molecule is CC(C)(C)c1cc(NC(=O)CCNS(=O)(=O)c2ccc(F)c(F)c2)n[nH]1. The van der Waals surface area contributed by atoms with Crippen molar-refractivity contribution in [3.8, 4) is 0 Å². The molecule has 26 heavy (non-hydrogen) atoms. The van der Waals surface area contributed by atoms with Crippen LogP contribution in [0.1, 0.15) is 32.9 Å². The molecule has 1 amide bonds. The predicted octanol–water partition coefficient (Wildman–Crippen LogP) is 2.29. The van der Waals surface area contributed by atoms with E-state index in [9.17, 15) is 22.0 Å². The number of anilines is 1. The summed E-state index contributed by atoms with van der Waals surface area (Å²) in [5.41, 5.74) is 0.683. The number of carbonyl (C=O) groups excluding carboxylic acids is 1. The molecule has 1 aromatic heterocycles. The summed E-state index contributed by atoms with van der Waals surface area (Å²) in [4.78, 5) is 11.5. The molecule has 3 N–H and O–H groups in total. The summed E-state index contributed by atoms with van der Waals surface area (Å²) in [5.74, 6) is -2.51. The number of benzene rings is 1. The van der Waals surface area contributed by atoms with Crippen LogP contribution in [0.3, 0.4) is 0 Å². The molecule has 0 unspecified atom stereocenters. The van der Waals surface area contributed by atoms with Crippen LogP contribution in [0.15, 0.2) is 29.2 Å². The van der Waals surface area contributed by atoms with E-state index in [1.165, 1.54) is 0 Å². The number of amides is 1. The third kappa shape index (κ3) is 5.09. The Balaban J connectivity index is 1.89. The lowest BCUT2D eigenvalue weighted by molar-refractivity contribution is -0.116. The quantitative estimate of drug-likeness (QED) is 0.708. The number of nitrogens with zero attached hydrogens (tertiary/aromatic N) is 1. The topological polar surface area (TPSA) is 104 Å². The van der Waals surface area contributed by atoms with Gasteiger partial charge >= 0.3 is 0 Å². The highest BCUT2D eigenvalue weighted by atomic mass is 32.2. The van der Waals surface area contributed by atoms with E-state index in [2.05, 4.69) is 20.2 Å². The number of sulfonamides is 1. The Labute approximate surface area is 150 Å². The van der Waals surface area contributed by atoms with E-state index in [0.717, 1.165) is 17.8 Å². The highest BCUT2D eigenvalue weighted by Crippen LogP contribution is 2.21. The van der Waals surface area contributed by atoms with E-state index in [-0.39, 0.29) is 18.4 Å². The van der Waals surface area contributed by atoms with Crippen molar-refractivity contribution in [2.45, 2.75) is 37.5 Å². The van der Waals surface area contributed by atoms with Gasteiger partial charge in [0.15, 0.2) is 17.5 Å². The first-order chi connectivity index (χ1) is 12.0. The second-order valence-corrected chi connectivity index (χ2v) is 8.46. The van der Waals surface area contributed by atoms with Crippen LogP contribution in [-0.4, -0.2) is 31.1 Å². The molecule has 0 saturated carbocycles. The second-order valence-electron chi connectivity index (χ2n) is 6.69. The minimum Gasteiger partial charge on any atom is -0.309 e. The minimum absolute atomic E-state index is 0.152. The van der Waals surface area contributed by atoms with Crippen molar-refractivity contribution in [1.29, 1.82) is 0 Å². The lowest BCUT2D eigenvalue weighted by Crippen LogP contribution is -2.28. The van der Waals surface area contributed by atoms with Crippen LogP contribution in [0.5, 0.6) is 0 Å². The van der Waals surface area contributed by atoms with Crippen LogP contribution in [0.4, 0.5) is 14.6 Å². The Bertz CT molecular complexity index is 904. The summed E-state index contributed by atoms with van der Waals surface area (Å²) in [7, 11) is -4.04. The molecular weight excluding hydrogens is 366 g/mol. The van der Waals surface area contributed by atoms with Crippen molar-refractivity contribution < 1.29 is 22.0 Å². The summed E-state index contributed by atoms with van der Waals surface area (Å²) in [6.45, 7) is 5.75. The van der Waals surface area contributed by atoms with Gasteiger partial charge in [0.05, 0.1) is 4.90 Å². The molecule has 1 heterocycles. The fourth-order valence-electron chi connectivity index (χ4n) is 2.00. The lowest BCUT2D eigenvalue weighted by atomic mass is 9.92. The van der Waals surface area contributed by atoms with Crippen molar-refractivity contribution in [1.82, 2.24) is 14.9 Å². The standard InChI is InChI=1S/C16H20F2N4O3S/c1-16(2,3)13-9-14(22-21-13)20-15(23)6-7-19-26(24,25)10-4-5-11(17)12(18)8-10/h4-5,8-9,19H,6-7H2,1-3H3,(H2,20,21,22,23). The fourth-order valence-corrected chi connectivity index (χ4v) is 3.04. The summed E-state index contributed by atoms with van der Waals surface area (Å²) in [5, 5.41) is 9.34. The molecule has 0 bridgehead atoms. The van der Waals surface area contributed by atoms with Crippen molar-refractivity contribution in [2.24, 2.45) is 0 Å². The molecule has 0 aliphatic carbocycles. The van der Waals surface area contributed by atoms with Gasteiger partial charge < -0.3 is 5.32 Å². The maximum atomic E-state index is 13.1. The van der Waals surface area contributed by atoms with Crippen LogP contribution >= 0.6 is 0 Å². The van der Waals surface area contributed by atoms with Gasteiger partial charge in [0.1, 0.15) is 0 Å². The predicted molar refractivity (Wildman–Crippen MR) is 92.1 cm³/mol. The molecule has 2 aromatic rings. The van der Waals surface area contributed by atoms with E-state index in [1.54, 1.807) is 6.07 Å². The highest BCUT2D eigenvalue weighted by Gasteiger charge is 2.19. The average molecular weight is 386 g/mol. The van der Waals surface area contributed by atoms with Crippen molar-refractivity contribution in [2.75, 3.05) is 11.9 Å². The molecular formula is C16H20F2N4O3S. The van der Waals surface area contributed by atoms with Gasteiger partial charge in [-0.1, -0.05) is 20.8 Å². The molecule has 0 fully saturated rings. The number of aromatic nitrogens is 2. The maximum Gasteiger partial charge on any atom is 0.240 e. The number of carbonyl (C=O) groups is 1. The van der Waals surface area contributed by atoms with Gasteiger partial charge in [0.2, 0.25) is 15.9 Å². The summed E-state index contributed by atoms with van der Waals surface area (Å²) >= 11 is 0. The van der Waals surface area contributed by atoms with Crippen molar-refractivity contribution >= 4 is 21.7 Å². The van der Waals surface area contributed by atoms with Gasteiger partial charge in [0, 0.05) is 30.1 Å². The number of rotatable bonds is 6. The minimum atomic E-state index is -4.04. The van der Waals surface area contributed by atoms with Crippen LogP contribution in [0.25, 0.3) is 0 Å². The summed E-state index contributed by atoms with van der Waals surface area (Å²) < 4.78 is 52.2. The van der Waals surface area contributed by atoms with Crippen LogP contribution in [0, 0.1) is 11.6 Å². The Morgan fingerprint density at radius 1 is 1.19 bits per heavy atom. The number of hydrogen-bond acceptors (Lipinski definition) is 4. The molecule has 0 saturated heterocycles. The van der Waals surface area contributed by atoms with Gasteiger partial charge in [-0.05, 0) is 18.2 Å². The molecule has 2 rings (SSSR count). The molecule has 0 atom stereocenters. The molecule has 0 aliphatic heterocycles. The van der Waals surface area contributed by atoms with Crippen LogP contribution in [-0.2, 0) is 20.2 Å². The molecule has 142 valence electrons. The van der Waals surface area contributed by atoms with E-state index < -0.39 is 32.5 Å². The zero-order valence-corrected chi connectivity index (χ0v) is 15.4. The maximum absolute atomic E-state index is 13.1. The van der Waals surface area contributed by atoms with Crippen LogP contribution in [0.2, 0.25) is 0 Å². The highest BCUT2D eigenvalue weighted by molar-refractivity contribution is 7.89. The number of halogens is 2. The fraction of sp³-hybridized carbons (Fsp3) is 0.375. The summed E-state index contributed by atoms with van der Waals surface area (Å²) in [6.07, 6.45) is -0.152. The third-order valence-electron chi connectivity index (χ3n) is 3.50. The van der Waals surface area contributed by atoms with E-state index in [1.807, 2.05) is 20.8 Å². The number of aromatic amines is 1. The first kappa shape index (κ1) is 20.0. The number of nitrogens with one attached hydrogen (secondary N) is 3. The molecule has 0 spiro atoms. The van der Waals surface area contributed by atoms with E-state index >= 15 is 0 Å². The van der Waals surface area contributed by atoms with Crippen molar-refractivity contribution in [3.05, 3.63) is 41.6 Å². The first-order valence-corrected chi connectivity index (χ1v) is 9.28. The lowest BCUT2D eigenvalue weighted by Gasteiger charge is -2.14. The summed E-state index contributed by atoms with van der Waals surface area (Å²) in [6, 6.07) is 3.94. The Hall–Kier alpha value is -2.33. The monoisotopic (exact) mass is 386 g/mol. The van der Waals surface area contributed by atoms with Gasteiger partial charge in [-0.2, -0.15) is 5.10 Å². The van der Waals surface area contributed by atoms with Crippen LogP contribution < -0.4 is 10.0 Å². The van der Waals surface area contributed by atoms with Crippen molar-refractivity contribution in [3.63, 3.8) is 0 Å². The largest absolute Gasteiger partial charge is 0.309 e. The molecule has 1 aromatic carbocycles. The molecule has 0 radical (unpaired) electrons. The molecule has 7 nitrogen and oxygen atoms in total. The third-order valence-corrected chi connectivity index (χ3v) is 4.96. The van der Waals surface area contributed by atoms with Gasteiger partial charge in [-0.3, -0.25) is 9.89 Å². The zero-order chi connectivity index (χ0) is 19.5. The Kier molecular flexibility index (Phi) is 5.77. The van der Waals surface area contributed by atoms with Gasteiger partial charge in [0.25, 0.3) is 0 Å². The first-order valence-electron chi connectivity index (χ1n) is 7.79. The molecule has 0 aliphatic rings. The number of H-pyrrole nitrogens is 1. The average Bonchev–Trinajstić information content (AvgIpc) is 2.98. The van der Waals surface area contributed by atoms with E-state index in [4.69, 9.17) is 0 Å². The number of hydrogen-bond donors (Lipinski definition) is 3. The van der Waals surface area contributed by atoms with E-state index in [0.29, 0.717) is 11.9 Å². The van der Waals surface area contributed by atoms with Gasteiger partial charge in [-0.15, -0.1) is 0 Å². The molecule has 10 heteroatoms. The second kappa shape index (κ2) is 7.50.